The Labute approximate surface area is 118 Å². The quantitative estimate of drug-likeness (QED) is 0.897. The van der Waals surface area contributed by atoms with E-state index in [2.05, 4.69) is 5.32 Å². The van der Waals surface area contributed by atoms with Gasteiger partial charge in [-0.15, -0.1) is 0 Å². The van der Waals surface area contributed by atoms with Gasteiger partial charge < -0.3 is 15.2 Å². The first-order valence-electron chi connectivity index (χ1n) is 6.43. The van der Waals surface area contributed by atoms with Gasteiger partial charge in [-0.2, -0.15) is 0 Å². The van der Waals surface area contributed by atoms with Gasteiger partial charge in [-0.05, 0) is 25.5 Å². The van der Waals surface area contributed by atoms with Crippen LogP contribution in [-0.2, 0) is 0 Å². The summed E-state index contributed by atoms with van der Waals surface area (Å²) in [5.41, 5.74) is 1.49. The van der Waals surface area contributed by atoms with E-state index in [9.17, 15) is 9.90 Å². The molecular formula is C16H17NO3. The van der Waals surface area contributed by atoms with Crippen LogP contribution in [0.3, 0.4) is 0 Å². The van der Waals surface area contributed by atoms with Crippen LogP contribution >= 0.6 is 0 Å². The molecule has 1 amide bonds. The predicted molar refractivity (Wildman–Crippen MR) is 77.8 cm³/mol. The minimum Gasteiger partial charge on any atom is -0.504 e. The largest absolute Gasteiger partial charge is 0.504 e. The molecule has 0 aliphatic carbocycles. The Morgan fingerprint density at radius 2 is 1.80 bits per heavy atom. The molecule has 4 nitrogen and oxygen atoms in total. The number of ether oxygens (including phenoxy) is 1. The molecule has 2 rings (SSSR count). The van der Waals surface area contributed by atoms with E-state index in [1.54, 1.807) is 18.2 Å². The summed E-state index contributed by atoms with van der Waals surface area (Å²) in [4.78, 5) is 11.6. The highest BCUT2D eigenvalue weighted by Crippen LogP contribution is 2.36. The smallest absolute Gasteiger partial charge is 0.412 e. The maximum Gasteiger partial charge on any atom is 0.412 e. The normalized spacial score (nSPS) is 10.3. The molecule has 0 saturated carbocycles. The number of amides is 1. The van der Waals surface area contributed by atoms with E-state index in [1.807, 2.05) is 44.2 Å². The minimum atomic E-state index is -0.583. The highest BCUT2D eigenvalue weighted by molar-refractivity contribution is 5.77. The Morgan fingerprint density at radius 1 is 1.10 bits per heavy atom. The molecular weight excluding hydrogens is 254 g/mol. The van der Waals surface area contributed by atoms with E-state index in [0.717, 1.165) is 5.56 Å². The Balaban J connectivity index is 2.26. The second-order valence-electron chi connectivity index (χ2n) is 4.71. The highest BCUT2D eigenvalue weighted by atomic mass is 16.6. The van der Waals surface area contributed by atoms with Gasteiger partial charge >= 0.3 is 6.09 Å². The van der Waals surface area contributed by atoms with Gasteiger partial charge in [0.05, 0.1) is 0 Å². The number of phenolic OH excluding ortho intramolecular Hbond substituents is 1. The third-order valence-corrected chi connectivity index (χ3v) is 2.69. The third-order valence-electron chi connectivity index (χ3n) is 2.69. The molecule has 0 aliphatic heterocycles. The van der Waals surface area contributed by atoms with Crippen LogP contribution in [0.15, 0.2) is 48.5 Å². The predicted octanol–water partition coefficient (Wildman–Crippen LogP) is 3.56. The summed E-state index contributed by atoms with van der Waals surface area (Å²) in [7, 11) is 0. The average molecular weight is 271 g/mol. The molecule has 0 aliphatic rings. The lowest BCUT2D eigenvalue weighted by molar-refractivity contribution is 0.196. The van der Waals surface area contributed by atoms with E-state index in [0.29, 0.717) is 5.56 Å². The van der Waals surface area contributed by atoms with Crippen molar-refractivity contribution in [3.05, 3.63) is 48.5 Å². The second-order valence-corrected chi connectivity index (χ2v) is 4.71. The van der Waals surface area contributed by atoms with Crippen LogP contribution in [0.5, 0.6) is 11.5 Å². The summed E-state index contributed by atoms with van der Waals surface area (Å²) in [5.74, 6) is 0.0992. The fourth-order valence-corrected chi connectivity index (χ4v) is 1.82. The van der Waals surface area contributed by atoms with E-state index in [-0.39, 0.29) is 17.5 Å². The van der Waals surface area contributed by atoms with Gasteiger partial charge in [0.2, 0.25) is 0 Å². The number of rotatable bonds is 3. The summed E-state index contributed by atoms with van der Waals surface area (Å²) < 4.78 is 5.12. The van der Waals surface area contributed by atoms with Crippen molar-refractivity contribution < 1.29 is 14.6 Å². The molecule has 0 atom stereocenters. The summed E-state index contributed by atoms with van der Waals surface area (Å²) >= 11 is 0. The molecule has 2 N–H and O–H groups in total. The molecule has 104 valence electrons. The van der Waals surface area contributed by atoms with Crippen molar-refractivity contribution in [1.82, 2.24) is 5.32 Å². The molecule has 0 aromatic heterocycles. The molecule has 20 heavy (non-hydrogen) atoms. The first-order chi connectivity index (χ1) is 9.58. The van der Waals surface area contributed by atoms with Crippen molar-refractivity contribution in [2.24, 2.45) is 0 Å². The van der Waals surface area contributed by atoms with Crippen molar-refractivity contribution in [3.63, 3.8) is 0 Å². The number of nitrogens with one attached hydrogen (secondary N) is 1. The van der Waals surface area contributed by atoms with Crippen LogP contribution in [-0.4, -0.2) is 17.2 Å². The number of benzene rings is 2. The number of hydrogen-bond acceptors (Lipinski definition) is 3. The van der Waals surface area contributed by atoms with Gasteiger partial charge in [0.15, 0.2) is 11.5 Å². The molecule has 0 unspecified atom stereocenters. The lowest BCUT2D eigenvalue weighted by Crippen LogP contribution is -2.32. The topological polar surface area (TPSA) is 58.6 Å². The van der Waals surface area contributed by atoms with Crippen molar-refractivity contribution in [2.45, 2.75) is 19.9 Å². The molecule has 4 heteroatoms. The zero-order valence-corrected chi connectivity index (χ0v) is 11.5. The minimum absolute atomic E-state index is 0.0260. The lowest BCUT2D eigenvalue weighted by Gasteiger charge is -2.12. The highest BCUT2D eigenvalue weighted by Gasteiger charge is 2.13. The van der Waals surface area contributed by atoms with Gasteiger partial charge in [-0.1, -0.05) is 42.5 Å². The average Bonchev–Trinajstić information content (AvgIpc) is 2.41. The van der Waals surface area contributed by atoms with Crippen LogP contribution < -0.4 is 10.1 Å². The molecule has 0 heterocycles. The van der Waals surface area contributed by atoms with Crippen molar-refractivity contribution in [1.29, 1.82) is 0 Å². The van der Waals surface area contributed by atoms with Crippen LogP contribution in [0.4, 0.5) is 4.79 Å². The van der Waals surface area contributed by atoms with Gasteiger partial charge in [-0.25, -0.2) is 4.79 Å². The van der Waals surface area contributed by atoms with Gasteiger partial charge in [-0.3, -0.25) is 0 Å². The Kier molecular flexibility index (Phi) is 4.25. The zero-order chi connectivity index (χ0) is 14.5. The summed E-state index contributed by atoms with van der Waals surface area (Å²) in [6.45, 7) is 3.67. The number of para-hydroxylation sites is 1. The third kappa shape index (κ3) is 3.29. The molecule has 2 aromatic carbocycles. The van der Waals surface area contributed by atoms with Crippen LogP contribution in [0.1, 0.15) is 13.8 Å². The molecule has 0 fully saturated rings. The fraction of sp³-hybridized carbons (Fsp3) is 0.188. The van der Waals surface area contributed by atoms with E-state index < -0.39 is 6.09 Å². The zero-order valence-electron chi connectivity index (χ0n) is 11.5. The molecule has 0 radical (unpaired) electrons. The summed E-state index contributed by atoms with van der Waals surface area (Å²) in [6, 6.07) is 14.5. The summed E-state index contributed by atoms with van der Waals surface area (Å²) in [6.07, 6.45) is -0.583. The van der Waals surface area contributed by atoms with E-state index in [4.69, 9.17) is 4.74 Å². The van der Waals surface area contributed by atoms with Crippen molar-refractivity contribution in [3.8, 4) is 22.6 Å². The molecule has 0 bridgehead atoms. The van der Waals surface area contributed by atoms with E-state index in [1.165, 1.54) is 0 Å². The Hall–Kier alpha value is -2.49. The standard InChI is InChI=1S/C16H17NO3/c1-11(2)17-16(19)20-14-10-6-9-13(15(14)18)12-7-4-3-5-8-12/h3-11,18H,1-2H3,(H,17,19). The van der Waals surface area contributed by atoms with Crippen LogP contribution in [0, 0.1) is 0 Å². The second kappa shape index (κ2) is 6.10. The van der Waals surface area contributed by atoms with Crippen molar-refractivity contribution in [2.75, 3.05) is 0 Å². The van der Waals surface area contributed by atoms with Gasteiger partial charge in [0, 0.05) is 11.6 Å². The fourth-order valence-electron chi connectivity index (χ4n) is 1.82. The molecule has 2 aromatic rings. The monoisotopic (exact) mass is 271 g/mol. The maximum absolute atomic E-state index is 11.6. The van der Waals surface area contributed by atoms with Gasteiger partial charge in [0.25, 0.3) is 0 Å². The number of aromatic hydroxyl groups is 1. The number of carbonyl (C=O) groups is 1. The Bertz CT molecular complexity index is 594. The van der Waals surface area contributed by atoms with Crippen LogP contribution in [0.2, 0.25) is 0 Å². The first kappa shape index (κ1) is 13.9. The first-order valence-corrected chi connectivity index (χ1v) is 6.43. The Morgan fingerprint density at radius 3 is 2.45 bits per heavy atom. The SMILES string of the molecule is CC(C)NC(=O)Oc1cccc(-c2ccccc2)c1O. The number of hydrogen-bond donors (Lipinski definition) is 2. The van der Waals surface area contributed by atoms with E-state index >= 15 is 0 Å². The summed E-state index contributed by atoms with van der Waals surface area (Å²) in [5, 5.41) is 12.8. The molecule has 0 saturated heterocycles. The van der Waals surface area contributed by atoms with Crippen molar-refractivity contribution >= 4 is 6.09 Å². The lowest BCUT2D eigenvalue weighted by atomic mass is 10.0. The maximum atomic E-state index is 11.6. The molecule has 0 spiro atoms. The van der Waals surface area contributed by atoms with Crippen LogP contribution in [0.25, 0.3) is 11.1 Å². The number of phenols is 1. The van der Waals surface area contributed by atoms with Gasteiger partial charge in [0.1, 0.15) is 0 Å². The number of carbonyl (C=O) groups excluding carboxylic acids is 1.